The van der Waals surface area contributed by atoms with Gasteiger partial charge in [-0.1, -0.05) is 121 Å². The first-order valence-corrected chi connectivity index (χ1v) is 14.4. The molecule has 200 valence electrons. The summed E-state index contributed by atoms with van der Waals surface area (Å²) < 4.78 is 6.21. The predicted molar refractivity (Wildman–Crippen MR) is 176 cm³/mol. The molecule has 4 heteroatoms. The molecule has 0 radical (unpaired) electrons. The van der Waals surface area contributed by atoms with Gasteiger partial charge >= 0.3 is 0 Å². The minimum atomic E-state index is 0.605. The maximum Gasteiger partial charge on any atom is 0.164 e. The molecule has 0 saturated carbocycles. The number of aromatic nitrogens is 3. The molecular weight excluding hydrogens is 526 g/mol. The van der Waals surface area contributed by atoms with Crippen molar-refractivity contribution in [2.75, 3.05) is 0 Å². The van der Waals surface area contributed by atoms with Crippen LogP contribution in [0.4, 0.5) is 0 Å². The van der Waals surface area contributed by atoms with E-state index in [0.717, 1.165) is 49.4 Å². The van der Waals surface area contributed by atoms with Crippen molar-refractivity contribution in [3.05, 3.63) is 140 Å². The van der Waals surface area contributed by atoms with Gasteiger partial charge in [0.2, 0.25) is 0 Å². The van der Waals surface area contributed by atoms with E-state index in [0.29, 0.717) is 17.5 Å². The Hall–Kier alpha value is -5.87. The van der Waals surface area contributed by atoms with E-state index >= 15 is 0 Å². The zero-order valence-electron chi connectivity index (χ0n) is 23.0. The zero-order valence-corrected chi connectivity index (χ0v) is 23.0. The van der Waals surface area contributed by atoms with Crippen molar-refractivity contribution in [1.82, 2.24) is 15.0 Å². The van der Waals surface area contributed by atoms with Gasteiger partial charge in [-0.2, -0.15) is 0 Å². The van der Waals surface area contributed by atoms with Gasteiger partial charge in [-0.25, -0.2) is 15.0 Å². The third kappa shape index (κ3) is 3.81. The van der Waals surface area contributed by atoms with Crippen LogP contribution in [0.3, 0.4) is 0 Å². The summed E-state index contributed by atoms with van der Waals surface area (Å²) in [6.07, 6.45) is 0. The highest BCUT2D eigenvalue weighted by molar-refractivity contribution is 6.20. The molecule has 9 aromatic rings. The van der Waals surface area contributed by atoms with Crippen LogP contribution >= 0.6 is 0 Å². The normalized spacial score (nSPS) is 11.7. The minimum absolute atomic E-state index is 0.605. The van der Waals surface area contributed by atoms with Crippen LogP contribution in [-0.4, -0.2) is 15.0 Å². The molecule has 0 aliphatic carbocycles. The largest absolute Gasteiger partial charge is 0.456 e. The zero-order chi connectivity index (χ0) is 28.3. The molecule has 0 aliphatic heterocycles. The van der Waals surface area contributed by atoms with Crippen LogP contribution in [0.25, 0.3) is 88.4 Å². The van der Waals surface area contributed by atoms with Crippen LogP contribution in [0.2, 0.25) is 0 Å². The summed E-state index contributed by atoms with van der Waals surface area (Å²) in [4.78, 5) is 15.2. The highest BCUT2D eigenvalue weighted by Gasteiger charge is 2.17. The Morgan fingerprint density at radius 1 is 0.372 bits per heavy atom. The molecule has 0 N–H and O–H groups in total. The number of nitrogens with zero attached hydrogens (tertiary/aromatic N) is 3. The van der Waals surface area contributed by atoms with Gasteiger partial charge in [-0.05, 0) is 45.1 Å². The summed E-state index contributed by atoms with van der Waals surface area (Å²) in [5.41, 5.74) is 4.47. The lowest BCUT2D eigenvalue weighted by molar-refractivity contribution is 0.669. The fourth-order valence-electron chi connectivity index (χ4n) is 6.27. The first kappa shape index (κ1) is 23.8. The predicted octanol–water partition coefficient (Wildman–Crippen LogP) is 10.2. The molecule has 0 aliphatic rings. The first-order valence-electron chi connectivity index (χ1n) is 14.4. The number of hydrogen-bond acceptors (Lipinski definition) is 4. The highest BCUT2D eigenvalue weighted by Crippen LogP contribution is 2.38. The molecule has 0 amide bonds. The Morgan fingerprint density at radius 2 is 1.02 bits per heavy atom. The maximum atomic E-state index is 6.21. The lowest BCUT2D eigenvalue weighted by atomic mass is 9.94. The standard InChI is InChI=1S/C39H23N3O/c1-2-10-26(11-3-1)37-40-38(27-19-21-31-30-14-6-7-16-34(30)43-35(31)23-27)42-39(41-37)33-15-8-12-25-18-20-29-28-13-5-4-9-24(28)17-22-32(29)36(25)33/h1-23H. The maximum absolute atomic E-state index is 6.21. The second kappa shape index (κ2) is 9.33. The summed E-state index contributed by atoms with van der Waals surface area (Å²) >= 11 is 0. The lowest BCUT2D eigenvalue weighted by Gasteiger charge is -2.13. The van der Waals surface area contributed by atoms with Gasteiger partial charge in [0.1, 0.15) is 11.2 Å². The number of rotatable bonds is 3. The molecule has 9 rings (SSSR count). The average Bonchev–Trinajstić information content (AvgIpc) is 3.46. The summed E-state index contributed by atoms with van der Waals surface area (Å²) in [6, 6.07) is 48.1. The van der Waals surface area contributed by atoms with Gasteiger partial charge in [-0.15, -0.1) is 0 Å². The molecule has 0 atom stereocenters. The number of furan rings is 1. The van der Waals surface area contributed by atoms with Crippen molar-refractivity contribution in [1.29, 1.82) is 0 Å². The smallest absolute Gasteiger partial charge is 0.164 e. The number of para-hydroxylation sites is 1. The van der Waals surface area contributed by atoms with Crippen molar-refractivity contribution in [2.45, 2.75) is 0 Å². The summed E-state index contributed by atoms with van der Waals surface area (Å²) in [7, 11) is 0. The first-order chi connectivity index (χ1) is 21.3. The van der Waals surface area contributed by atoms with E-state index in [9.17, 15) is 0 Å². The summed E-state index contributed by atoms with van der Waals surface area (Å²) in [6.45, 7) is 0. The van der Waals surface area contributed by atoms with Gasteiger partial charge in [0, 0.05) is 32.8 Å². The van der Waals surface area contributed by atoms with E-state index in [-0.39, 0.29) is 0 Å². The van der Waals surface area contributed by atoms with E-state index in [1.165, 1.54) is 21.5 Å². The fourth-order valence-corrected chi connectivity index (χ4v) is 6.27. The van der Waals surface area contributed by atoms with E-state index in [1.54, 1.807) is 0 Å². The van der Waals surface area contributed by atoms with E-state index in [4.69, 9.17) is 19.4 Å². The van der Waals surface area contributed by atoms with Crippen molar-refractivity contribution in [2.24, 2.45) is 0 Å². The average molecular weight is 550 g/mol. The van der Waals surface area contributed by atoms with E-state index in [1.807, 2.05) is 54.6 Å². The van der Waals surface area contributed by atoms with Crippen LogP contribution in [0, 0.1) is 0 Å². The molecule has 0 saturated heterocycles. The highest BCUT2D eigenvalue weighted by atomic mass is 16.3. The molecule has 0 spiro atoms. The summed E-state index contributed by atoms with van der Waals surface area (Å²) in [5.74, 6) is 1.88. The van der Waals surface area contributed by atoms with Crippen molar-refractivity contribution in [3.8, 4) is 34.2 Å². The fraction of sp³-hybridized carbons (Fsp3) is 0. The van der Waals surface area contributed by atoms with Crippen molar-refractivity contribution in [3.63, 3.8) is 0 Å². The van der Waals surface area contributed by atoms with Gasteiger partial charge in [0.15, 0.2) is 17.5 Å². The quantitative estimate of drug-likeness (QED) is 0.206. The monoisotopic (exact) mass is 549 g/mol. The van der Waals surface area contributed by atoms with Crippen LogP contribution in [0.5, 0.6) is 0 Å². The molecule has 0 unspecified atom stereocenters. The van der Waals surface area contributed by atoms with Gasteiger partial charge in [0.25, 0.3) is 0 Å². The topological polar surface area (TPSA) is 51.8 Å². The number of benzene rings is 7. The molecule has 4 nitrogen and oxygen atoms in total. The second-order valence-corrected chi connectivity index (χ2v) is 10.8. The van der Waals surface area contributed by atoms with Crippen LogP contribution < -0.4 is 0 Å². The second-order valence-electron chi connectivity index (χ2n) is 10.8. The van der Waals surface area contributed by atoms with Gasteiger partial charge in [-0.3, -0.25) is 0 Å². The molecule has 2 heterocycles. The van der Waals surface area contributed by atoms with E-state index < -0.39 is 0 Å². The third-order valence-electron chi connectivity index (χ3n) is 8.31. The Morgan fingerprint density at radius 3 is 1.93 bits per heavy atom. The van der Waals surface area contributed by atoms with Gasteiger partial charge < -0.3 is 4.42 Å². The van der Waals surface area contributed by atoms with Crippen LogP contribution in [0.15, 0.2) is 144 Å². The van der Waals surface area contributed by atoms with Crippen LogP contribution in [0.1, 0.15) is 0 Å². The molecular formula is C39H23N3O. The molecule has 0 bridgehead atoms. The van der Waals surface area contributed by atoms with Crippen molar-refractivity contribution >= 4 is 54.3 Å². The Kier molecular flexibility index (Phi) is 5.16. The summed E-state index contributed by atoms with van der Waals surface area (Å²) in [5, 5.41) is 9.30. The molecule has 7 aromatic carbocycles. The SMILES string of the molecule is c1ccc(-c2nc(-c3ccc4c(c3)oc3ccccc34)nc(-c3cccc4ccc5c6ccccc6ccc5c34)n2)cc1. The molecule has 2 aromatic heterocycles. The van der Waals surface area contributed by atoms with Crippen molar-refractivity contribution < 1.29 is 4.42 Å². The lowest BCUT2D eigenvalue weighted by Crippen LogP contribution is -2.00. The Balaban J connectivity index is 1.32. The Bertz CT molecular complexity index is 2510. The number of fused-ring (bicyclic) bond motifs is 8. The Labute approximate surface area is 246 Å². The minimum Gasteiger partial charge on any atom is -0.456 e. The molecule has 0 fully saturated rings. The van der Waals surface area contributed by atoms with E-state index in [2.05, 4.69) is 84.9 Å². The number of hydrogen-bond donors (Lipinski definition) is 0. The third-order valence-corrected chi connectivity index (χ3v) is 8.31. The van der Waals surface area contributed by atoms with Crippen LogP contribution in [-0.2, 0) is 0 Å². The van der Waals surface area contributed by atoms with Gasteiger partial charge in [0.05, 0.1) is 0 Å². The molecule has 43 heavy (non-hydrogen) atoms.